The summed E-state index contributed by atoms with van der Waals surface area (Å²) in [4.78, 5) is 8.67. The number of hydrogen-bond acceptors (Lipinski definition) is 2. The fourth-order valence-electron chi connectivity index (χ4n) is 1.44. The molecule has 4 nitrogen and oxygen atoms in total. The van der Waals surface area contributed by atoms with Crippen molar-refractivity contribution in [3.63, 3.8) is 0 Å². The summed E-state index contributed by atoms with van der Waals surface area (Å²) in [5, 5.41) is 0. The van der Waals surface area contributed by atoms with E-state index in [0.717, 1.165) is 22.9 Å². The molecule has 0 bridgehead atoms. The largest absolute Gasteiger partial charge is 0.352 e. The predicted octanol–water partition coefficient (Wildman–Crippen LogP) is 0.0880. The summed E-state index contributed by atoms with van der Waals surface area (Å²) in [6, 6.07) is 2.04. The molecule has 13 heavy (non-hydrogen) atoms. The Bertz CT molecular complexity index is 444. The van der Waals surface area contributed by atoms with Crippen molar-refractivity contribution >= 4 is 5.78 Å². The zero-order valence-corrected chi connectivity index (χ0v) is 7.91. The van der Waals surface area contributed by atoms with Gasteiger partial charge < -0.3 is 5.73 Å². The van der Waals surface area contributed by atoms with Crippen LogP contribution in [0.4, 0.5) is 0 Å². The summed E-state index contributed by atoms with van der Waals surface area (Å²) < 4.78 is 1.99. The normalized spacial score (nSPS) is 11.0. The van der Waals surface area contributed by atoms with Crippen LogP contribution in [0.25, 0.3) is 5.78 Å². The van der Waals surface area contributed by atoms with Crippen LogP contribution < -0.4 is 5.73 Å². The Labute approximate surface area is 76.4 Å². The van der Waals surface area contributed by atoms with Crippen LogP contribution in [0, 0.1) is 13.8 Å². The first kappa shape index (κ1) is 8.19. The van der Waals surface area contributed by atoms with Gasteiger partial charge in [0.25, 0.3) is 0 Å². The predicted molar refractivity (Wildman–Crippen MR) is 49.1 cm³/mol. The molecular formula is C9H13N4+. The Balaban J connectivity index is 2.75. The lowest BCUT2D eigenvalue weighted by atomic mass is 10.3. The van der Waals surface area contributed by atoms with E-state index in [1.807, 2.05) is 23.6 Å². The van der Waals surface area contributed by atoms with Gasteiger partial charge in [-0.1, -0.05) is 0 Å². The molecule has 2 heterocycles. The van der Waals surface area contributed by atoms with E-state index in [0.29, 0.717) is 6.54 Å². The zero-order valence-electron chi connectivity index (χ0n) is 7.91. The molecule has 3 N–H and O–H groups in total. The standard InChI is InChI=1S/C9H12N4/c1-6-3-7(2)13-5-8(4-10)12-9(13)11-6/h3,5H,4,10H2,1-2H3/p+1. The van der Waals surface area contributed by atoms with Gasteiger partial charge in [-0.3, -0.25) is 4.40 Å². The van der Waals surface area contributed by atoms with Crippen molar-refractivity contribution in [2.75, 3.05) is 0 Å². The number of hydrogen-bond donors (Lipinski definition) is 1. The van der Waals surface area contributed by atoms with Crippen LogP contribution in [0.2, 0.25) is 0 Å². The van der Waals surface area contributed by atoms with Crippen LogP contribution in [0.15, 0.2) is 12.3 Å². The minimum Gasteiger partial charge on any atom is -0.352 e. The van der Waals surface area contributed by atoms with Gasteiger partial charge in [0.1, 0.15) is 12.2 Å². The van der Waals surface area contributed by atoms with E-state index < -0.39 is 0 Å². The molecule has 0 saturated heterocycles. The highest BCUT2D eigenvalue weighted by atomic mass is 15.1. The maximum Gasteiger partial charge on any atom is 0.234 e. The molecule has 0 aliphatic heterocycles. The first-order valence-electron chi connectivity index (χ1n) is 4.32. The number of quaternary nitrogens is 1. The molecule has 68 valence electrons. The molecule has 0 aliphatic carbocycles. The molecule has 0 saturated carbocycles. The molecule has 0 aromatic carbocycles. The third-order valence-corrected chi connectivity index (χ3v) is 2.07. The summed E-state index contributed by atoms with van der Waals surface area (Å²) in [6.07, 6.45) is 1.99. The van der Waals surface area contributed by atoms with E-state index in [4.69, 9.17) is 0 Å². The molecule has 0 radical (unpaired) electrons. The van der Waals surface area contributed by atoms with Gasteiger partial charge >= 0.3 is 0 Å². The third-order valence-electron chi connectivity index (χ3n) is 2.07. The maximum atomic E-state index is 4.34. The SMILES string of the molecule is Cc1cc(C)n2cc(C[NH3+])nc2n1. The summed E-state index contributed by atoms with van der Waals surface area (Å²) in [5.41, 5.74) is 6.95. The average Bonchev–Trinajstić information content (AvgIpc) is 2.47. The molecule has 0 amide bonds. The second-order valence-corrected chi connectivity index (χ2v) is 3.19. The summed E-state index contributed by atoms with van der Waals surface area (Å²) in [6.45, 7) is 4.74. The summed E-state index contributed by atoms with van der Waals surface area (Å²) >= 11 is 0. The van der Waals surface area contributed by atoms with E-state index in [2.05, 4.69) is 22.6 Å². The minimum atomic E-state index is 0.710. The molecule has 2 rings (SSSR count). The van der Waals surface area contributed by atoms with Crippen molar-refractivity contribution in [2.45, 2.75) is 20.4 Å². The van der Waals surface area contributed by atoms with E-state index >= 15 is 0 Å². The Morgan fingerprint density at radius 2 is 2.15 bits per heavy atom. The van der Waals surface area contributed by atoms with E-state index in [9.17, 15) is 0 Å². The van der Waals surface area contributed by atoms with E-state index in [1.165, 1.54) is 0 Å². The van der Waals surface area contributed by atoms with Gasteiger partial charge in [0.15, 0.2) is 0 Å². The number of fused-ring (bicyclic) bond motifs is 1. The van der Waals surface area contributed by atoms with Gasteiger partial charge in [0.05, 0.1) is 0 Å². The molecule has 0 fully saturated rings. The van der Waals surface area contributed by atoms with Crippen molar-refractivity contribution in [1.29, 1.82) is 0 Å². The zero-order chi connectivity index (χ0) is 9.42. The Morgan fingerprint density at radius 1 is 1.38 bits per heavy atom. The second kappa shape index (κ2) is 2.81. The van der Waals surface area contributed by atoms with Crippen LogP contribution in [0.1, 0.15) is 17.1 Å². The average molecular weight is 177 g/mol. The fraction of sp³-hybridized carbons (Fsp3) is 0.333. The monoisotopic (exact) mass is 177 g/mol. The van der Waals surface area contributed by atoms with Crippen LogP contribution >= 0.6 is 0 Å². The van der Waals surface area contributed by atoms with Gasteiger partial charge in [-0.2, -0.15) is 0 Å². The van der Waals surface area contributed by atoms with Crippen LogP contribution in [0.3, 0.4) is 0 Å². The Hall–Kier alpha value is -1.42. The van der Waals surface area contributed by atoms with Gasteiger partial charge in [-0.25, -0.2) is 9.97 Å². The third kappa shape index (κ3) is 1.29. The van der Waals surface area contributed by atoms with Crippen molar-refractivity contribution in [3.05, 3.63) is 29.3 Å². The van der Waals surface area contributed by atoms with E-state index in [-0.39, 0.29) is 0 Å². The highest BCUT2D eigenvalue weighted by molar-refractivity contribution is 5.34. The van der Waals surface area contributed by atoms with Gasteiger partial charge in [-0.05, 0) is 19.9 Å². The van der Waals surface area contributed by atoms with Crippen molar-refractivity contribution in [2.24, 2.45) is 0 Å². The van der Waals surface area contributed by atoms with Crippen molar-refractivity contribution in [1.82, 2.24) is 14.4 Å². The molecule has 2 aromatic rings. The first-order valence-corrected chi connectivity index (χ1v) is 4.32. The molecule has 2 aromatic heterocycles. The minimum absolute atomic E-state index is 0.710. The second-order valence-electron chi connectivity index (χ2n) is 3.19. The van der Waals surface area contributed by atoms with Crippen LogP contribution in [-0.2, 0) is 6.54 Å². The smallest absolute Gasteiger partial charge is 0.234 e. The number of aromatic nitrogens is 3. The lowest BCUT2D eigenvalue weighted by Crippen LogP contribution is -2.47. The highest BCUT2D eigenvalue weighted by Gasteiger charge is 2.04. The van der Waals surface area contributed by atoms with Gasteiger partial charge in [-0.15, -0.1) is 0 Å². The lowest BCUT2D eigenvalue weighted by Gasteiger charge is -1.98. The highest BCUT2D eigenvalue weighted by Crippen LogP contribution is 2.07. The Kier molecular flexibility index (Phi) is 1.77. The summed E-state index contributed by atoms with van der Waals surface area (Å²) in [5.74, 6) is 0.774. The molecule has 0 spiro atoms. The number of imidazole rings is 1. The molecular weight excluding hydrogens is 164 g/mol. The van der Waals surface area contributed by atoms with Crippen LogP contribution in [0.5, 0.6) is 0 Å². The van der Waals surface area contributed by atoms with Gasteiger partial charge in [0.2, 0.25) is 5.78 Å². The van der Waals surface area contributed by atoms with Crippen LogP contribution in [-0.4, -0.2) is 14.4 Å². The fourth-order valence-corrected chi connectivity index (χ4v) is 1.44. The van der Waals surface area contributed by atoms with E-state index in [1.54, 1.807) is 0 Å². The maximum absolute atomic E-state index is 4.34. The molecule has 0 aliphatic rings. The molecule has 0 unspecified atom stereocenters. The lowest BCUT2D eigenvalue weighted by molar-refractivity contribution is -0.387. The van der Waals surface area contributed by atoms with Crippen molar-refractivity contribution < 1.29 is 5.73 Å². The number of rotatable bonds is 1. The van der Waals surface area contributed by atoms with Gasteiger partial charge in [0, 0.05) is 17.6 Å². The van der Waals surface area contributed by atoms with Crippen molar-refractivity contribution in [3.8, 4) is 0 Å². The molecule has 0 atom stereocenters. The number of aryl methyl sites for hydroxylation is 2. The first-order chi connectivity index (χ1) is 6.20. The summed E-state index contributed by atoms with van der Waals surface area (Å²) in [7, 11) is 0. The topological polar surface area (TPSA) is 57.8 Å². The molecule has 4 heteroatoms. The Morgan fingerprint density at radius 3 is 2.85 bits per heavy atom. The number of nitrogens with zero attached hydrogens (tertiary/aromatic N) is 3. The quantitative estimate of drug-likeness (QED) is 0.671.